The second-order valence-corrected chi connectivity index (χ2v) is 16.0. The fourth-order valence-corrected chi connectivity index (χ4v) is 9.39. The maximum absolute atomic E-state index is 9.06. The molecule has 0 saturated heterocycles. The number of ether oxygens (including phenoxy) is 1. The van der Waals surface area contributed by atoms with E-state index in [2.05, 4.69) is 99.6 Å². The number of anilines is 6. The largest absolute Gasteiger partial charge is 0.518 e. The quantitative estimate of drug-likeness (QED) is 0.0862. The Hall–Kier alpha value is -8.45. The Balaban J connectivity index is 0.00000623. The second kappa shape index (κ2) is 17.7. The minimum absolute atomic E-state index is 0. The number of fused-ring (bicyclic) bond motifs is 8. The van der Waals surface area contributed by atoms with Crippen LogP contribution < -0.4 is 23.7 Å². The van der Waals surface area contributed by atoms with Gasteiger partial charge >= 0.3 is 7.12 Å². The summed E-state index contributed by atoms with van der Waals surface area (Å²) >= 11 is 0. The maximum atomic E-state index is 9.06. The molecule has 0 aliphatic carbocycles. The van der Waals surface area contributed by atoms with Crippen molar-refractivity contribution >= 4 is 52.4 Å². The van der Waals surface area contributed by atoms with E-state index in [4.69, 9.17) is 23.4 Å². The van der Waals surface area contributed by atoms with Gasteiger partial charge < -0.3 is 23.7 Å². The molecule has 9 heteroatoms. The molecule has 7 nitrogen and oxygen atoms in total. The monoisotopic (exact) mass is 1080 g/mol. The molecule has 69 heavy (non-hydrogen) atoms. The minimum Gasteiger partial charge on any atom is -0.510 e. The third kappa shape index (κ3) is 7.20. The van der Waals surface area contributed by atoms with Gasteiger partial charge in [0.15, 0.2) is 0 Å². The van der Waals surface area contributed by atoms with Crippen LogP contribution in [0.25, 0.3) is 55.8 Å². The molecule has 2 aliphatic rings. The number of nitrogens with zero attached hydrogens (tertiary/aromatic N) is 6. The van der Waals surface area contributed by atoms with Crippen molar-refractivity contribution in [3.8, 4) is 56.3 Å². The molecule has 0 fully saturated rings. The third-order valence-corrected chi connectivity index (χ3v) is 12.2. The molecule has 11 aromatic rings. The first-order valence-electron chi connectivity index (χ1n) is 26.9. The minimum atomic E-state index is -0.577. The Morgan fingerprint density at radius 1 is 0.493 bits per heavy atom. The smallest absolute Gasteiger partial charge is 0.510 e. The molecular formula is C60H39BN6OPt-2. The number of benzene rings is 9. The van der Waals surface area contributed by atoms with Gasteiger partial charge in [-0.1, -0.05) is 163 Å². The van der Waals surface area contributed by atoms with Gasteiger partial charge in [0, 0.05) is 67.0 Å². The van der Waals surface area contributed by atoms with Gasteiger partial charge in [-0.05, 0) is 64.3 Å². The summed E-state index contributed by atoms with van der Waals surface area (Å²) in [6.45, 7) is 0. The van der Waals surface area contributed by atoms with Crippen molar-refractivity contribution in [2.45, 2.75) is 0 Å². The van der Waals surface area contributed by atoms with Gasteiger partial charge in [0.2, 0.25) is 0 Å². The zero-order valence-electron chi connectivity index (χ0n) is 46.2. The van der Waals surface area contributed by atoms with E-state index >= 15 is 0 Å². The Morgan fingerprint density at radius 3 is 1.74 bits per heavy atom. The Morgan fingerprint density at radius 2 is 1.04 bits per heavy atom. The summed E-state index contributed by atoms with van der Waals surface area (Å²) in [5.74, 6) is 1.46. The summed E-state index contributed by atoms with van der Waals surface area (Å²) in [6.07, 6.45) is 5.21. The summed E-state index contributed by atoms with van der Waals surface area (Å²) in [7, 11) is -0.487. The van der Waals surface area contributed by atoms with Crippen LogP contribution in [-0.2, 0) is 21.1 Å². The van der Waals surface area contributed by atoms with Crippen LogP contribution in [0.15, 0.2) is 236 Å². The van der Waals surface area contributed by atoms with Crippen LogP contribution in [0.1, 0.15) is 13.7 Å². The molecule has 0 amide bonds. The van der Waals surface area contributed by atoms with Crippen LogP contribution in [0, 0.1) is 18.5 Å². The summed E-state index contributed by atoms with van der Waals surface area (Å²) < 4.78 is 97.4. The first kappa shape index (κ1) is 32.3. The van der Waals surface area contributed by atoms with Crippen molar-refractivity contribution in [2.75, 3.05) is 14.4 Å². The standard InChI is InChI=1S/C60H39BN6O.Pt/c1-4-20-43(21-5-1)50-32-18-33-51(44-22-6-2-7-23-44)59(50)64-42-63(56-36-14-15-37-57(56)64)46-26-16-28-48(40-46)68-49-29-17-27-47(41-49)66-60-58(38-19-39-62-60)67-55-35-13-11-31-53(55)52-30-10-12-34-54(52)65(61(66)67)45-24-8-3-9-25-45;/h1-39H;/q-2;/i1D,2D,4D,5D,6D,7D,20D,21D,22D,23D;. The summed E-state index contributed by atoms with van der Waals surface area (Å²) in [5.41, 5.74) is 8.50. The number of rotatable bonds is 8. The van der Waals surface area contributed by atoms with Crippen molar-refractivity contribution in [3.63, 3.8) is 0 Å². The van der Waals surface area contributed by atoms with Crippen LogP contribution in [-0.4, -0.2) is 16.7 Å². The molecule has 2 aromatic heterocycles. The fraction of sp³-hybridized carbons (Fsp3) is 0. The van der Waals surface area contributed by atoms with Gasteiger partial charge in [-0.3, -0.25) is 4.57 Å². The van der Waals surface area contributed by atoms with E-state index < -0.39 is 67.5 Å². The molecule has 9 aromatic carbocycles. The van der Waals surface area contributed by atoms with Gasteiger partial charge in [0.1, 0.15) is 5.82 Å². The Bertz CT molecular complexity index is 4130. The maximum Gasteiger partial charge on any atom is 0.518 e. The second-order valence-electron chi connectivity index (χ2n) is 16.0. The first-order valence-corrected chi connectivity index (χ1v) is 21.9. The molecule has 4 heterocycles. The number of hydrogen-bond donors (Lipinski definition) is 0. The van der Waals surface area contributed by atoms with Crippen molar-refractivity contribution < 1.29 is 44.1 Å². The topological polar surface area (TPSA) is 40.7 Å². The summed E-state index contributed by atoms with van der Waals surface area (Å²) in [5, 5.41) is 0. The summed E-state index contributed by atoms with van der Waals surface area (Å²) in [4.78, 5) is 11.8. The molecule has 2 aliphatic heterocycles. The zero-order valence-corrected chi connectivity index (χ0v) is 38.5. The van der Waals surface area contributed by atoms with E-state index in [1.807, 2.05) is 72.8 Å². The fourth-order valence-electron chi connectivity index (χ4n) is 9.39. The number of aromatic nitrogens is 3. The predicted octanol–water partition coefficient (Wildman–Crippen LogP) is 13.9. The zero-order chi connectivity index (χ0) is 53.7. The van der Waals surface area contributed by atoms with Crippen LogP contribution in [0.3, 0.4) is 0 Å². The van der Waals surface area contributed by atoms with Crippen molar-refractivity contribution in [1.82, 2.24) is 9.55 Å². The van der Waals surface area contributed by atoms with Gasteiger partial charge in [-0.25, -0.2) is 4.98 Å². The van der Waals surface area contributed by atoms with E-state index in [0.717, 1.165) is 39.7 Å². The van der Waals surface area contributed by atoms with Gasteiger partial charge in [-0.2, -0.15) is 18.2 Å². The average molecular weight is 1080 g/mol. The molecule has 0 atom stereocenters. The molecule has 0 N–H and O–H groups in total. The SMILES string of the molecule is [2H]c1c([2H])c([2H])c(-c2cccc(-c3c([2H])c([2H])c([2H])c([2H])c3[2H])c2-[n+]2[c-]n(-c3[c-]c(Oc4[c-]c(N5B6N(c7ccccc7)c7ccccc7-c7ccccc7N6c6cccnc65)ccc4)ccc3)c3ccccc32)c([2H])c1[2H].[Pt]. The number of para-hydroxylation sites is 6. The van der Waals surface area contributed by atoms with E-state index in [0.29, 0.717) is 33.9 Å². The molecule has 0 saturated carbocycles. The van der Waals surface area contributed by atoms with E-state index in [9.17, 15) is 0 Å². The van der Waals surface area contributed by atoms with Crippen LogP contribution >= 0.6 is 0 Å². The van der Waals surface area contributed by atoms with Gasteiger partial charge in [0.05, 0.1) is 36.1 Å². The van der Waals surface area contributed by atoms with E-state index in [1.165, 1.54) is 0 Å². The molecule has 0 spiro atoms. The van der Waals surface area contributed by atoms with Crippen LogP contribution in [0.5, 0.6) is 11.5 Å². The molecule has 330 valence electrons. The number of hydrogen-bond acceptors (Lipinski definition) is 5. The van der Waals surface area contributed by atoms with Crippen LogP contribution in [0.2, 0.25) is 0 Å². The molecule has 0 radical (unpaired) electrons. The number of imidazole rings is 1. The van der Waals surface area contributed by atoms with Crippen molar-refractivity contribution in [3.05, 3.63) is 255 Å². The first-order chi connectivity index (χ1) is 37.9. The predicted molar refractivity (Wildman–Crippen MR) is 273 cm³/mol. The Labute approximate surface area is 429 Å². The van der Waals surface area contributed by atoms with Gasteiger partial charge in [0.25, 0.3) is 6.33 Å². The van der Waals surface area contributed by atoms with Crippen molar-refractivity contribution in [2.24, 2.45) is 0 Å². The summed E-state index contributed by atoms with van der Waals surface area (Å²) in [6, 6.07) is 56.0. The third-order valence-electron chi connectivity index (χ3n) is 12.2. The molecule has 0 bridgehead atoms. The van der Waals surface area contributed by atoms with E-state index in [-0.39, 0.29) is 49.0 Å². The van der Waals surface area contributed by atoms with Gasteiger partial charge in [-0.15, -0.1) is 30.3 Å². The Kier molecular flexibility index (Phi) is 8.26. The van der Waals surface area contributed by atoms with Crippen molar-refractivity contribution in [1.29, 1.82) is 0 Å². The normalized spacial score (nSPS) is 14.4. The average Bonchev–Trinajstić information content (AvgIpc) is 4.22. The number of pyridine rings is 1. The molecule has 0 unspecified atom stereocenters. The van der Waals surface area contributed by atoms with E-state index in [1.54, 1.807) is 45.7 Å². The molecule has 13 rings (SSSR count). The molecular weight excluding hydrogens is 1030 g/mol. The van der Waals surface area contributed by atoms with Crippen LogP contribution in [0.4, 0.5) is 34.3 Å².